The predicted molar refractivity (Wildman–Crippen MR) is 86.7 cm³/mol. The van der Waals surface area contributed by atoms with Crippen molar-refractivity contribution in [2.45, 2.75) is 25.8 Å². The Balaban J connectivity index is 1.64. The Kier molecular flexibility index (Phi) is 4.14. The monoisotopic (exact) mass is 336 g/mol. The Labute approximate surface area is 135 Å². The fourth-order valence-corrected chi connectivity index (χ4v) is 4.98. The van der Waals surface area contributed by atoms with Gasteiger partial charge in [-0.05, 0) is 31.0 Å². The Bertz CT molecular complexity index is 744. The molecule has 2 unspecified atom stereocenters. The summed E-state index contributed by atoms with van der Waals surface area (Å²) in [5, 5.41) is 2.84. The topological polar surface area (TPSA) is 83.6 Å². The van der Waals surface area contributed by atoms with Crippen LogP contribution in [0.25, 0.3) is 0 Å². The maximum absolute atomic E-state index is 12.4. The van der Waals surface area contributed by atoms with Gasteiger partial charge < -0.3 is 10.2 Å². The summed E-state index contributed by atoms with van der Waals surface area (Å²) in [7, 11) is -3.04. The van der Waals surface area contributed by atoms with Gasteiger partial charge in [0.1, 0.15) is 0 Å². The number of carbonyl (C=O) groups excluding carboxylic acids is 2. The van der Waals surface area contributed by atoms with E-state index < -0.39 is 15.8 Å². The highest BCUT2D eigenvalue weighted by Gasteiger charge is 2.41. The van der Waals surface area contributed by atoms with Crippen LogP contribution in [-0.4, -0.2) is 49.2 Å². The van der Waals surface area contributed by atoms with Crippen molar-refractivity contribution in [2.24, 2.45) is 5.92 Å². The lowest BCUT2D eigenvalue weighted by molar-refractivity contribution is -0.129. The molecule has 6 nitrogen and oxygen atoms in total. The fraction of sp³-hybridized carbons (Fsp3) is 0.500. The van der Waals surface area contributed by atoms with E-state index >= 15 is 0 Å². The molecule has 2 saturated heterocycles. The molecule has 7 heteroatoms. The SMILES string of the molecule is Cc1cccc(NC(=O)C2CC(=O)N(C3CCS(=O)(=O)C3)C2)c1. The molecule has 1 aromatic carbocycles. The van der Waals surface area contributed by atoms with Crippen LogP contribution in [0.2, 0.25) is 0 Å². The fourth-order valence-electron chi connectivity index (χ4n) is 3.25. The van der Waals surface area contributed by atoms with Gasteiger partial charge in [0.2, 0.25) is 11.8 Å². The van der Waals surface area contributed by atoms with E-state index in [1.807, 2.05) is 31.2 Å². The van der Waals surface area contributed by atoms with Gasteiger partial charge in [0, 0.05) is 24.7 Å². The lowest BCUT2D eigenvalue weighted by Crippen LogP contribution is -2.38. The van der Waals surface area contributed by atoms with Crippen LogP contribution in [0, 0.1) is 12.8 Å². The van der Waals surface area contributed by atoms with Crippen molar-refractivity contribution in [3.05, 3.63) is 29.8 Å². The van der Waals surface area contributed by atoms with Crippen LogP contribution in [-0.2, 0) is 19.4 Å². The summed E-state index contributed by atoms with van der Waals surface area (Å²) in [6, 6.07) is 7.21. The molecular formula is C16H20N2O4S. The lowest BCUT2D eigenvalue weighted by atomic mass is 10.1. The zero-order chi connectivity index (χ0) is 16.6. The minimum Gasteiger partial charge on any atom is -0.338 e. The van der Waals surface area contributed by atoms with Crippen LogP contribution in [0.5, 0.6) is 0 Å². The molecule has 0 saturated carbocycles. The number of benzene rings is 1. The molecule has 0 aromatic heterocycles. The van der Waals surface area contributed by atoms with Gasteiger partial charge in [-0.1, -0.05) is 12.1 Å². The third-order valence-electron chi connectivity index (χ3n) is 4.46. The van der Waals surface area contributed by atoms with E-state index in [1.54, 1.807) is 4.90 Å². The highest BCUT2D eigenvalue weighted by atomic mass is 32.2. The summed E-state index contributed by atoms with van der Waals surface area (Å²) in [6.45, 7) is 2.24. The molecule has 23 heavy (non-hydrogen) atoms. The molecule has 1 N–H and O–H groups in total. The number of hydrogen-bond donors (Lipinski definition) is 1. The summed E-state index contributed by atoms with van der Waals surface area (Å²) in [5.41, 5.74) is 1.76. The summed E-state index contributed by atoms with van der Waals surface area (Å²) in [5.74, 6) is -0.595. The second-order valence-electron chi connectivity index (χ2n) is 6.36. The molecular weight excluding hydrogens is 316 g/mol. The Hall–Kier alpha value is -1.89. The first-order valence-corrected chi connectivity index (χ1v) is 9.53. The third-order valence-corrected chi connectivity index (χ3v) is 6.21. The standard InChI is InChI=1S/C16H20N2O4S/c1-11-3-2-4-13(7-11)17-16(20)12-8-15(19)18(9-12)14-5-6-23(21,22)10-14/h2-4,7,12,14H,5-6,8-10H2,1H3,(H,17,20). The van der Waals surface area contributed by atoms with Crippen LogP contribution >= 0.6 is 0 Å². The molecule has 2 fully saturated rings. The quantitative estimate of drug-likeness (QED) is 0.891. The Morgan fingerprint density at radius 1 is 1.35 bits per heavy atom. The first kappa shape index (κ1) is 16.0. The second-order valence-corrected chi connectivity index (χ2v) is 8.59. The highest BCUT2D eigenvalue weighted by molar-refractivity contribution is 7.91. The largest absolute Gasteiger partial charge is 0.338 e. The van der Waals surface area contributed by atoms with Gasteiger partial charge in [-0.3, -0.25) is 9.59 Å². The first-order valence-electron chi connectivity index (χ1n) is 7.71. The van der Waals surface area contributed by atoms with Gasteiger partial charge in [-0.25, -0.2) is 8.42 Å². The molecule has 0 aliphatic carbocycles. The van der Waals surface area contributed by atoms with Crippen molar-refractivity contribution < 1.29 is 18.0 Å². The van der Waals surface area contributed by atoms with Gasteiger partial charge in [0.25, 0.3) is 0 Å². The highest BCUT2D eigenvalue weighted by Crippen LogP contribution is 2.27. The number of rotatable bonds is 3. The number of carbonyl (C=O) groups is 2. The number of sulfone groups is 1. The van der Waals surface area contributed by atoms with E-state index in [0.717, 1.165) is 5.56 Å². The summed E-state index contributed by atoms with van der Waals surface area (Å²) in [4.78, 5) is 26.1. The van der Waals surface area contributed by atoms with Gasteiger partial charge >= 0.3 is 0 Å². The van der Waals surface area contributed by atoms with Crippen molar-refractivity contribution in [2.75, 3.05) is 23.4 Å². The minimum atomic E-state index is -3.04. The molecule has 2 aliphatic heterocycles. The molecule has 2 heterocycles. The number of hydrogen-bond acceptors (Lipinski definition) is 4. The van der Waals surface area contributed by atoms with Crippen molar-refractivity contribution in [3.8, 4) is 0 Å². The van der Waals surface area contributed by atoms with Crippen molar-refractivity contribution >= 4 is 27.3 Å². The smallest absolute Gasteiger partial charge is 0.229 e. The van der Waals surface area contributed by atoms with E-state index in [1.165, 1.54) is 0 Å². The number of anilines is 1. The van der Waals surface area contributed by atoms with E-state index in [2.05, 4.69) is 5.32 Å². The second kappa shape index (κ2) is 5.96. The number of nitrogens with zero attached hydrogens (tertiary/aromatic N) is 1. The molecule has 1 aromatic rings. The molecule has 2 amide bonds. The number of nitrogens with one attached hydrogen (secondary N) is 1. The molecule has 2 aliphatic rings. The number of amides is 2. The van der Waals surface area contributed by atoms with E-state index in [-0.39, 0.29) is 35.8 Å². The van der Waals surface area contributed by atoms with Crippen LogP contribution in [0.3, 0.4) is 0 Å². The van der Waals surface area contributed by atoms with E-state index in [9.17, 15) is 18.0 Å². The van der Waals surface area contributed by atoms with Gasteiger partial charge in [-0.15, -0.1) is 0 Å². The number of likely N-dealkylation sites (tertiary alicyclic amines) is 1. The maximum atomic E-state index is 12.4. The predicted octanol–water partition coefficient (Wildman–Crippen LogP) is 0.969. The van der Waals surface area contributed by atoms with E-state index in [0.29, 0.717) is 18.7 Å². The maximum Gasteiger partial charge on any atom is 0.229 e. The minimum absolute atomic E-state index is 0.0188. The van der Waals surface area contributed by atoms with Crippen LogP contribution in [0.1, 0.15) is 18.4 Å². The zero-order valence-electron chi connectivity index (χ0n) is 13.0. The van der Waals surface area contributed by atoms with E-state index in [4.69, 9.17) is 0 Å². The summed E-state index contributed by atoms with van der Waals surface area (Å²) < 4.78 is 23.2. The molecule has 0 spiro atoms. The average molecular weight is 336 g/mol. The normalized spacial score (nSPS) is 26.5. The van der Waals surface area contributed by atoms with Crippen LogP contribution in [0.4, 0.5) is 5.69 Å². The molecule has 124 valence electrons. The van der Waals surface area contributed by atoms with Crippen LogP contribution < -0.4 is 5.32 Å². The number of aryl methyl sites for hydroxylation is 1. The van der Waals surface area contributed by atoms with Crippen molar-refractivity contribution in [1.29, 1.82) is 0 Å². The zero-order valence-corrected chi connectivity index (χ0v) is 13.8. The van der Waals surface area contributed by atoms with Gasteiger partial charge in [0.05, 0.1) is 17.4 Å². The molecule has 0 bridgehead atoms. The molecule has 3 rings (SSSR count). The molecule has 2 atom stereocenters. The third kappa shape index (κ3) is 3.55. The van der Waals surface area contributed by atoms with Gasteiger partial charge in [0.15, 0.2) is 9.84 Å². The molecule has 0 radical (unpaired) electrons. The summed E-state index contributed by atoms with van der Waals surface area (Å²) >= 11 is 0. The van der Waals surface area contributed by atoms with Crippen molar-refractivity contribution in [1.82, 2.24) is 4.90 Å². The van der Waals surface area contributed by atoms with Crippen LogP contribution in [0.15, 0.2) is 24.3 Å². The average Bonchev–Trinajstić information content (AvgIpc) is 3.01. The van der Waals surface area contributed by atoms with Gasteiger partial charge in [-0.2, -0.15) is 0 Å². The first-order chi connectivity index (χ1) is 10.8. The Morgan fingerprint density at radius 2 is 2.13 bits per heavy atom. The Morgan fingerprint density at radius 3 is 2.78 bits per heavy atom. The van der Waals surface area contributed by atoms with Crippen molar-refractivity contribution in [3.63, 3.8) is 0 Å². The lowest BCUT2D eigenvalue weighted by Gasteiger charge is -2.22. The summed E-state index contributed by atoms with van der Waals surface area (Å²) in [6.07, 6.45) is 0.620.